The summed E-state index contributed by atoms with van der Waals surface area (Å²) in [7, 11) is 0. The zero-order valence-corrected chi connectivity index (χ0v) is 24.4. The minimum absolute atomic E-state index is 0.0803. The van der Waals surface area contributed by atoms with Crippen molar-refractivity contribution in [3.05, 3.63) is 124 Å². The van der Waals surface area contributed by atoms with Crippen LogP contribution in [0.2, 0.25) is 0 Å². The van der Waals surface area contributed by atoms with E-state index >= 15 is 0 Å². The molecule has 7 nitrogen and oxygen atoms in total. The third-order valence-electron chi connectivity index (χ3n) is 9.86. The van der Waals surface area contributed by atoms with Crippen LogP contribution in [0.1, 0.15) is 51.6 Å². The van der Waals surface area contributed by atoms with E-state index in [9.17, 15) is 19.2 Å². The number of carbonyl (C=O) groups excluding carboxylic acids is 4. The third kappa shape index (κ3) is 3.81. The Bertz CT molecular complexity index is 1780. The Kier molecular flexibility index (Phi) is 5.88. The van der Waals surface area contributed by atoms with Gasteiger partial charge >= 0.3 is 5.97 Å². The van der Waals surface area contributed by atoms with Crippen LogP contribution >= 0.6 is 0 Å². The highest BCUT2D eigenvalue weighted by atomic mass is 16.5. The van der Waals surface area contributed by atoms with Crippen molar-refractivity contribution in [2.45, 2.75) is 32.1 Å². The molecule has 5 aliphatic rings. The van der Waals surface area contributed by atoms with Gasteiger partial charge in [0.2, 0.25) is 17.7 Å². The lowest BCUT2D eigenvalue weighted by Crippen LogP contribution is -2.41. The lowest BCUT2D eigenvalue weighted by molar-refractivity contribution is -0.139. The van der Waals surface area contributed by atoms with E-state index in [2.05, 4.69) is 24.3 Å². The molecule has 0 unspecified atom stereocenters. The van der Waals surface area contributed by atoms with Gasteiger partial charge in [0.05, 0.1) is 23.4 Å². The number of rotatable bonds is 4. The van der Waals surface area contributed by atoms with Gasteiger partial charge < -0.3 is 9.64 Å². The highest BCUT2D eigenvalue weighted by Crippen LogP contribution is 2.61. The molecule has 4 aromatic carbocycles. The summed E-state index contributed by atoms with van der Waals surface area (Å²) in [6.07, 6.45) is 0.0803. The Morgan fingerprint density at radius 2 is 1.27 bits per heavy atom. The smallest absolute Gasteiger partial charge is 0.316 e. The monoisotopic (exact) mass is 582 g/mol. The maximum absolute atomic E-state index is 14.0. The van der Waals surface area contributed by atoms with E-state index in [1.807, 2.05) is 56.3 Å². The van der Waals surface area contributed by atoms with Crippen LogP contribution in [0.4, 0.5) is 11.4 Å². The van der Waals surface area contributed by atoms with E-state index in [-0.39, 0.29) is 42.5 Å². The number of esters is 1. The van der Waals surface area contributed by atoms with Crippen LogP contribution in [-0.2, 0) is 19.2 Å². The molecule has 3 aliphatic carbocycles. The largest absolute Gasteiger partial charge is 0.426 e. The van der Waals surface area contributed by atoms with Crippen LogP contribution in [0.5, 0.6) is 5.75 Å². The molecule has 3 atom stereocenters. The summed E-state index contributed by atoms with van der Waals surface area (Å²) >= 11 is 0. The van der Waals surface area contributed by atoms with E-state index < -0.39 is 23.7 Å². The fraction of sp³-hybridized carbons (Fsp3) is 0.243. The Hall–Kier alpha value is -5.04. The molecular weight excluding hydrogens is 552 g/mol. The first-order valence-corrected chi connectivity index (χ1v) is 15.1. The van der Waals surface area contributed by atoms with Gasteiger partial charge in [-0.2, -0.15) is 0 Å². The molecule has 2 heterocycles. The van der Waals surface area contributed by atoms with E-state index in [1.54, 1.807) is 29.2 Å². The van der Waals surface area contributed by atoms with E-state index in [0.29, 0.717) is 11.4 Å². The number of carbonyl (C=O) groups is 4. The second-order valence-electron chi connectivity index (χ2n) is 12.4. The molecule has 218 valence electrons. The van der Waals surface area contributed by atoms with Crippen molar-refractivity contribution in [3.8, 4) is 5.75 Å². The molecule has 7 heteroatoms. The highest BCUT2D eigenvalue weighted by Gasteiger charge is 2.61. The fourth-order valence-electron chi connectivity index (χ4n) is 8.00. The predicted molar refractivity (Wildman–Crippen MR) is 164 cm³/mol. The van der Waals surface area contributed by atoms with Gasteiger partial charge in [-0.15, -0.1) is 0 Å². The van der Waals surface area contributed by atoms with Gasteiger partial charge in [0, 0.05) is 30.5 Å². The summed E-state index contributed by atoms with van der Waals surface area (Å²) in [6.45, 7) is 4.21. The molecule has 2 bridgehead atoms. The Labute approximate surface area is 255 Å². The lowest BCUT2D eigenvalue weighted by atomic mass is 9.55. The summed E-state index contributed by atoms with van der Waals surface area (Å²) in [5.74, 6) is -2.54. The van der Waals surface area contributed by atoms with Gasteiger partial charge in [-0.25, -0.2) is 4.90 Å². The molecule has 0 N–H and O–H groups in total. The number of hydrogen-bond donors (Lipinski definition) is 0. The van der Waals surface area contributed by atoms with Crippen LogP contribution in [0.3, 0.4) is 0 Å². The second kappa shape index (κ2) is 9.74. The molecule has 0 spiro atoms. The lowest BCUT2D eigenvalue weighted by Gasteiger charge is -2.45. The van der Waals surface area contributed by atoms with Crippen LogP contribution in [0, 0.1) is 31.6 Å². The molecule has 0 saturated carbocycles. The zero-order valence-electron chi connectivity index (χ0n) is 24.4. The molecule has 3 amide bonds. The molecule has 2 fully saturated rings. The van der Waals surface area contributed by atoms with Gasteiger partial charge in [0.25, 0.3) is 0 Å². The molecule has 9 rings (SSSR count). The number of aryl methyl sites for hydroxylation is 2. The molecule has 4 aromatic rings. The van der Waals surface area contributed by atoms with Crippen molar-refractivity contribution in [2.75, 3.05) is 16.3 Å². The third-order valence-corrected chi connectivity index (χ3v) is 9.86. The van der Waals surface area contributed by atoms with E-state index in [1.165, 1.54) is 4.90 Å². The van der Waals surface area contributed by atoms with Crippen molar-refractivity contribution in [2.24, 2.45) is 17.8 Å². The maximum Gasteiger partial charge on any atom is 0.316 e. The number of ether oxygens (including phenoxy) is 1. The SMILES string of the molecule is Cc1ccc(N2C[C@H](C(=O)Oc3ccc(N4C(=O)[C@@H]5C6c7ccccc7C(c7ccccc76)[C@@H]5C4=O)cc3)CC2=O)c(C)c1. The van der Waals surface area contributed by atoms with Gasteiger partial charge in [-0.1, -0.05) is 66.2 Å². The molecular formula is C37H30N2O5. The number of amides is 3. The number of nitrogens with zero attached hydrogens (tertiary/aromatic N) is 2. The first-order valence-electron chi connectivity index (χ1n) is 15.1. The second-order valence-corrected chi connectivity index (χ2v) is 12.4. The summed E-state index contributed by atoms with van der Waals surface area (Å²) in [5.41, 5.74) is 7.87. The number of imide groups is 1. The van der Waals surface area contributed by atoms with Crippen LogP contribution in [-0.4, -0.2) is 30.2 Å². The standard InChI is InChI=1S/C37H30N2O5/c1-20-11-16-29(21(2)17-20)38-19-22(18-30(38)40)37(43)44-24-14-12-23(13-15-24)39-35(41)33-31-25-7-3-4-8-26(25)32(34(33)36(39)42)28-10-6-5-9-27(28)31/h3-17,22,31-34H,18-19H2,1-2H3/t22-,31?,32?,33-,34+/m1/s1. The van der Waals surface area contributed by atoms with Crippen molar-refractivity contribution in [1.82, 2.24) is 0 Å². The minimum Gasteiger partial charge on any atom is -0.426 e. The maximum atomic E-state index is 14.0. The van der Waals surface area contributed by atoms with Crippen molar-refractivity contribution < 1.29 is 23.9 Å². The van der Waals surface area contributed by atoms with Gasteiger partial charge in [-0.05, 0) is 72.0 Å². The fourth-order valence-corrected chi connectivity index (χ4v) is 8.00. The summed E-state index contributed by atoms with van der Waals surface area (Å²) in [4.78, 5) is 56.8. The van der Waals surface area contributed by atoms with E-state index in [4.69, 9.17) is 4.74 Å². The summed E-state index contributed by atoms with van der Waals surface area (Å²) in [6, 6.07) is 28.7. The normalized spacial score (nSPS) is 24.8. The minimum atomic E-state index is -0.591. The first-order chi connectivity index (χ1) is 21.3. The highest BCUT2D eigenvalue weighted by molar-refractivity contribution is 6.23. The van der Waals surface area contributed by atoms with Crippen LogP contribution in [0.25, 0.3) is 0 Å². The first kappa shape index (κ1) is 26.6. The van der Waals surface area contributed by atoms with Crippen LogP contribution in [0.15, 0.2) is 91.0 Å². The molecule has 2 aliphatic heterocycles. The number of benzene rings is 4. The van der Waals surface area contributed by atoms with Crippen molar-refractivity contribution >= 4 is 35.1 Å². The number of anilines is 2. The zero-order chi connectivity index (χ0) is 30.3. The topological polar surface area (TPSA) is 84.0 Å². The Morgan fingerprint density at radius 3 is 1.80 bits per heavy atom. The molecule has 2 saturated heterocycles. The van der Waals surface area contributed by atoms with Crippen molar-refractivity contribution in [3.63, 3.8) is 0 Å². The summed E-state index contributed by atoms with van der Waals surface area (Å²) < 4.78 is 5.67. The molecule has 0 radical (unpaired) electrons. The Balaban J connectivity index is 1.02. The van der Waals surface area contributed by atoms with E-state index in [0.717, 1.165) is 39.1 Å². The average molecular weight is 583 g/mol. The van der Waals surface area contributed by atoms with Crippen LogP contribution < -0.4 is 14.5 Å². The van der Waals surface area contributed by atoms with Crippen molar-refractivity contribution in [1.29, 1.82) is 0 Å². The summed E-state index contributed by atoms with van der Waals surface area (Å²) in [5, 5.41) is 0. The average Bonchev–Trinajstić information content (AvgIpc) is 3.54. The molecule has 0 aromatic heterocycles. The molecule has 44 heavy (non-hydrogen) atoms. The quantitative estimate of drug-likeness (QED) is 0.176. The Morgan fingerprint density at radius 1 is 0.727 bits per heavy atom. The van der Waals surface area contributed by atoms with Gasteiger partial charge in [0.1, 0.15) is 5.75 Å². The van der Waals surface area contributed by atoms with Gasteiger partial charge in [0.15, 0.2) is 0 Å². The van der Waals surface area contributed by atoms with Gasteiger partial charge in [-0.3, -0.25) is 19.2 Å². The predicted octanol–water partition coefficient (Wildman–Crippen LogP) is 5.66. The number of hydrogen-bond acceptors (Lipinski definition) is 5.